The van der Waals surface area contributed by atoms with Crippen molar-refractivity contribution in [2.24, 2.45) is 0 Å². The van der Waals surface area contributed by atoms with E-state index in [1.165, 1.54) is 0 Å². The van der Waals surface area contributed by atoms with E-state index < -0.39 is 0 Å². The van der Waals surface area contributed by atoms with Gasteiger partial charge in [-0.05, 0) is 46.3 Å². The summed E-state index contributed by atoms with van der Waals surface area (Å²) >= 11 is 9.25. The molecule has 98 valence electrons. The first-order valence-electron chi connectivity index (χ1n) is 5.50. The molecule has 0 aliphatic rings. The Hall–Kier alpha value is -1.59. The van der Waals surface area contributed by atoms with E-state index in [1.807, 2.05) is 0 Å². The summed E-state index contributed by atoms with van der Waals surface area (Å²) in [5, 5.41) is 6.27. The van der Waals surface area contributed by atoms with E-state index in [-0.39, 0.29) is 5.91 Å². The molecular weight excluding hydrogens is 330 g/mol. The Labute approximate surface area is 124 Å². The van der Waals surface area contributed by atoms with E-state index in [4.69, 9.17) is 11.6 Å². The van der Waals surface area contributed by atoms with Gasteiger partial charge < -0.3 is 10.6 Å². The molecule has 1 amide bonds. The second-order valence-corrected chi connectivity index (χ2v) is 5.05. The maximum atomic E-state index is 12.1. The first-order valence-corrected chi connectivity index (χ1v) is 6.67. The first kappa shape index (κ1) is 13.8. The van der Waals surface area contributed by atoms with Crippen molar-refractivity contribution in [2.45, 2.75) is 0 Å². The van der Waals surface area contributed by atoms with Gasteiger partial charge in [-0.3, -0.25) is 9.78 Å². The van der Waals surface area contributed by atoms with E-state index in [1.54, 1.807) is 43.6 Å². The Morgan fingerprint density at radius 2 is 2.11 bits per heavy atom. The molecule has 0 aliphatic carbocycles. The summed E-state index contributed by atoms with van der Waals surface area (Å²) < 4.78 is 0.759. The van der Waals surface area contributed by atoms with Crippen molar-refractivity contribution in [3.8, 4) is 0 Å². The molecule has 1 aromatic heterocycles. The maximum Gasteiger partial charge on any atom is 0.274 e. The van der Waals surface area contributed by atoms with Crippen LogP contribution in [-0.4, -0.2) is 17.9 Å². The van der Waals surface area contributed by atoms with Crippen molar-refractivity contribution in [3.63, 3.8) is 0 Å². The molecule has 0 radical (unpaired) electrons. The molecule has 6 heteroatoms. The van der Waals surface area contributed by atoms with Gasteiger partial charge >= 0.3 is 0 Å². The Kier molecular flexibility index (Phi) is 4.39. The summed E-state index contributed by atoms with van der Waals surface area (Å²) in [6.07, 6.45) is 1.58. The summed E-state index contributed by atoms with van der Waals surface area (Å²) in [5.74, 6) is -0.292. The number of rotatable bonds is 3. The van der Waals surface area contributed by atoms with Crippen LogP contribution in [0, 0.1) is 0 Å². The van der Waals surface area contributed by atoms with Gasteiger partial charge in [-0.2, -0.15) is 0 Å². The molecule has 0 saturated heterocycles. The highest BCUT2D eigenvalue weighted by Crippen LogP contribution is 2.26. The Morgan fingerprint density at radius 3 is 2.84 bits per heavy atom. The number of hydrogen-bond acceptors (Lipinski definition) is 3. The van der Waals surface area contributed by atoms with Crippen LogP contribution in [-0.2, 0) is 0 Å². The minimum atomic E-state index is -0.292. The number of benzene rings is 1. The maximum absolute atomic E-state index is 12.1. The number of carbonyl (C=O) groups excluding carboxylic acids is 1. The van der Waals surface area contributed by atoms with Gasteiger partial charge in [0, 0.05) is 28.4 Å². The van der Waals surface area contributed by atoms with Gasteiger partial charge in [-0.25, -0.2) is 0 Å². The standard InChI is InChI=1S/C13H11BrClN3O/c1-16-9-4-5-17-12(7-9)13(19)18-11-6-8(15)2-3-10(11)14/h2-7H,1H3,(H,16,17)(H,18,19). The minimum absolute atomic E-state index is 0.292. The van der Waals surface area contributed by atoms with Crippen LogP contribution in [0.5, 0.6) is 0 Å². The quantitative estimate of drug-likeness (QED) is 0.894. The van der Waals surface area contributed by atoms with Crippen molar-refractivity contribution in [1.82, 2.24) is 4.98 Å². The number of nitrogens with one attached hydrogen (secondary N) is 2. The van der Waals surface area contributed by atoms with Crippen molar-refractivity contribution >= 4 is 44.8 Å². The fourth-order valence-electron chi connectivity index (χ4n) is 1.49. The number of hydrogen-bond donors (Lipinski definition) is 2. The van der Waals surface area contributed by atoms with Gasteiger partial charge in [0.15, 0.2) is 0 Å². The predicted molar refractivity (Wildman–Crippen MR) is 80.9 cm³/mol. The first-order chi connectivity index (χ1) is 9.10. The van der Waals surface area contributed by atoms with E-state index in [0.717, 1.165) is 10.2 Å². The second-order valence-electron chi connectivity index (χ2n) is 3.76. The van der Waals surface area contributed by atoms with Crippen LogP contribution in [0.4, 0.5) is 11.4 Å². The molecule has 0 atom stereocenters. The minimum Gasteiger partial charge on any atom is -0.388 e. The van der Waals surface area contributed by atoms with Gasteiger partial charge in [0.25, 0.3) is 5.91 Å². The topological polar surface area (TPSA) is 54.0 Å². The number of halogens is 2. The lowest BCUT2D eigenvalue weighted by Gasteiger charge is -2.08. The molecule has 0 aliphatic heterocycles. The van der Waals surface area contributed by atoms with Crippen LogP contribution in [0.2, 0.25) is 5.02 Å². The Bertz CT molecular complexity index is 619. The fraction of sp³-hybridized carbons (Fsp3) is 0.0769. The number of amides is 1. The summed E-state index contributed by atoms with van der Waals surface area (Å²) in [6, 6.07) is 8.64. The lowest BCUT2D eigenvalue weighted by atomic mass is 10.2. The zero-order chi connectivity index (χ0) is 13.8. The zero-order valence-electron chi connectivity index (χ0n) is 10.1. The van der Waals surface area contributed by atoms with Gasteiger partial charge in [0.05, 0.1) is 5.69 Å². The van der Waals surface area contributed by atoms with Crippen molar-refractivity contribution in [1.29, 1.82) is 0 Å². The number of anilines is 2. The molecule has 19 heavy (non-hydrogen) atoms. The summed E-state index contributed by atoms with van der Waals surface area (Å²) in [4.78, 5) is 16.1. The Morgan fingerprint density at radius 1 is 1.32 bits per heavy atom. The molecule has 0 fully saturated rings. The molecule has 2 aromatic rings. The number of carbonyl (C=O) groups is 1. The molecule has 1 heterocycles. The van der Waals surface area contributed by atoms with Gasteiger partial charge in [-0.1, -0.05) is 11.6 Å². The lowest BCUT2D eigenvalue weighted by molar-refractivity contribution is 0.102. The van der Waals surface area contributed by atoms with E-state index in [9.17, 15) is 4.79 Å². The summed E-state index contributed by atoms with van der Waals surface area (Å²) in [7, 11) is 1.78. The molecule has 2 N–H and O–H groups in total. The van der Waals surface area contributed by atoms with Crippen molar-refractivity contribution < 1.29 is 4.79 Å². The molecule has 0 saturated carbocycles. The third kappa shape index (κ3) is 3.45. The third-order valence-corrected chi connectivity index (χ3v) is 3.38. The van der Waals surface area contributed by atoms with E-state index in [2.05, 4.69) is 31.5 Å². The van der Waals surface area contributed by atoms with Crippen LogP contribution in [0.15, 0.2) is 41.0 Å². The highest BCUT2D eigenvalue weighted by molar-refractivity contribution is 9.10. The highest BCUT2D eigenvalue weighted by atomic mass is 79.9. The molecule has 0 unspecified atom stereocenters. The molecule has 0 bridgehead atoms. The number of aromatic nitrogens is 1. The van der Waals surface area contributed by atoms with Gasteiger partial charge in [0.2, 0.25) is 0 Å². The van der Waals surface area contributed by atoms with E-state index in [0.29, 0.717) is 16.4 Å². The van der Waals surface area contributed by atoms with Crippen LogP contribution in [0.1, 0.15) is 10.5 Å². The van der Waals surface area contributed by atoms with Gasteiger partial charge in [0.1, 0.15) is 5.69 Å². The summed E-state index contributed by atoms with van der Waals surface area (Å²) in [6.45, 7) is 0. The lowest BCUT2D eigenvalue weighted by Crippen LogP contribution is -2.14. The van der Waals surface area contributed by atoms with Crippen LogP contribution in [0.3, 0.4) is 0 Å². The normalized spacial score (nSPS) is 10.1. The van der Waals surface area contributed by atoms with Crippen LogP contribution in [0.25, 0.3) is 0 Å². The van der Waals surface area contributed by atoms with Crippen LogP contribution < -0.4 is 10.6 Å². The molecule has 0 spiro atoms. The predicted octanol–water partition coefficient (Wildman–Crippen LogP) is 3.79. The molecule has 2 rings (SSSR count). The van der Waals surface area contributed by atoms with Crippen molar-refractivity contribution in [3.05, 3.63) is 51.7 Å². The molecule has 4 nitrogen and oxygen atoms in total. The molecular formula is C13H11BrClN3O. The fourth-order valence-corrected chi connectivity index (χ4v) is 2.01. The monoisotopic (exact) mass is 339 g/mol. The Balaban J connectivity index is 2.22. The van der Waals surface area contributed by atoms with Gasteiger partial charge in [-0.15, -0.1) is 0 Å². The zero-order valence-corrected chi connectivity index (χ0v) is 12.4. The highest BCUT2D eigenvalue weighted by Gasteiger charge is 2.10. The third-order valence-electron chi connectivity index (χ3n) is 2.46. The second kappa shape index (κ2) is 6.04. The average molecular weight is 341 g/mol. The SMILES string of the molecule is CNc1ccnc(C(=O)Nc2cc(Cl)ccc2Br)c1. The summed E-state index contributed by atoms with van der Waals surface area (Å²) in [5.41, 5.74) is 1.76. The molecule has 1 aromatic carbocycles. The van der Waals surface area contributed by atoms with Crippen molar-refractivity contribution in [2.75, 3.05) is 17.7 Å². The largest absolute Gasteiger partial charge is 0.388 e. The number of pyridine rings is 1. The number of nitrogens with zero attached hydrogens (tertiary/aromatic N) is 1. The smallest absolute Gasteiger partial charge is 0.274 e. The van der Waals surface area contributed by atoms with Crippen LogP contribution >= 0.6 is 27.5 Å². The average Bonchev–Trinajstić information content (AvgIpc) is 2.43. The van der Waals surface area contributed by atoms with E-state index >= 15 is 0 Å².